The smallest absolute Gasteiger partial charge is 0.342 e. The number of esters is 1. The Balaban J connectivity index is 1.75. The molecule has 0 saturated heterocycles. The van der Waals surface area contributed by atoms with Gasteiger partial charge in [-0.2, -0.15) is 4.98 Å². The minimum absolute atomic E-state index is 0.0915. The second-order valence-corrected chi connectivity index (χ2v) is 5.27. The van der Waals surface area contributed by atoms with Gasteiger partial charge in [0.15, 0.2) is 6.10 Å². The average molecular weight is 325 g/mol. The van der Waals surface area contributed by atoms with E-state index in [-0.39, 0.29) is 17.2 Å². The zero-order valence-corrected chi connectivity index (χ0v) is 13.1. The number of phenolic OH excluding ortho intramolecular Hbond substituents is 1. The van der Waals surface area contributed by atoms with Crippen LogP contribution in [0.1, 0.15) is 34.8 Å². The molecule has 1 aromatic carbocycles. The first-order valence-corrected chi connectivity index (χ1v) is 7.29. The van der Waals surface area contributed by atoms with Gasteiger partial charge >= 0.3 is 5.97 Å². The Morgan fingerprint density at radius 2 is 2.17 bits per heavy atom. The number of hydrogen-bond acceptors (Lipinski definition) is 7. The van der Waals surface area contributed by atoms with Gasteiger partial charge in [0, 0.05) is 18.0 Å². The Labute approximate surface area is 137 Å². The molecule has 0 aliphatic heterocycles. The zero-order chi connectivity index (χ0) is 17.1. The molecule has 122 valence electrons. The molecule has 0 aliphatic carbocycles. The van der Waals surface area contributed by atoms with Crippen LogP contribution in [0, 0.1) is 6.92 Å². The van der Waals surface area contributed by atoms with Gasteiger partial charge in [-0.15, -0.1) is 0 Å². The summed E-state index contributed by atoms with van der Waals surface area (Å²) < 4.78 is 10.4. The van der Waals surface area contributed by atoms with E-state index >= 15 is 0 Å². The second kappa shape index (κ2) is 6.49. The van der Waals surface area contributed by atoms with E-state index in [1.807, 2.05) is 6.92 Å². The Bertz CT molecular complexity index is 861. The van der Waals surface area contributed by atoms with Crippen LogP contribution in [0.25, 0.3) is 11.4 Å². The van der Waals surface area contributed by atoms with E-state index < -0.39 is 12.1 Å². The van der Waals surface area contributed by atoms with Crippen molar-refractivity contribution < 1.29 is 19.2 Å². The molecule has 2 heterocycles. The molecule has 2 aromatic heterocycles. The quantitative estimate of drug-likeness (QED) is 0.736. The van der Waals surface area contributed by atoms with Crippen LogP contribution in [-0.4, -0.2) is 26.2 Å². The number of pyridine rings is 1. The molecule has 0 spiro atoms. The van der Waals surface area contributed by atoms with Crippen molar-refractivity contribution in [2.24, 2.45) is 0 Å². The van der Waals surface area contributed by atoms with Crippen molar-refractivity contribution in [2.45, 2.75) is 20.0 Å². The van der Waals surface area contributed by atoms with Crippen LogP contribution >= 0.6 is 0 Å². The largest absolute Gasteiger partial charge is 0.507 e. The highest BCUT2D eigenvalue weighted by molar-refractivity contribution is 5.92. The standard InChI is InChI=1S/C17H15N3O4/c1-10-5-6-14(21)13(8-10)17(22)23-11(2)16-19-15(20-24-16)12-4-3-7-18-9-12/h3-9,11,21H,1-2H3/t11-/m0/s1. The molecule has 7 nitrogen and oxygen atoms in total. The summed E-state index contributed by atoms with van der Waals surface area (Å²) in [6, 6.07) is 8.26. The third-order valence-electron chi connectivity index (χ3n) is 3.37. The van der Waals surface area contributed by atoms with Gasteiger partial charge in [0.05, 0.1) is 0 Å². The maximum absolute atomic E-state index is 12.2. The third kappa shape index (κ3) is 3.24. The second-order valence-electron chi connectivity index (χ2n) is 5.27. The fraction of sp³-hybridized carbons (Fsp3) is 0.176. The molecule has 0 saturated carbocycles. The third-order valence-corrected chi connectivity index (χ3v) is 3.37. The summed E-state index contributed by atoms with van der Waals surface area (Å²) in [5.74, 6) is -0.280. The number of phenols is 1. The Morgan fingerprint density at radius 1 is 1.33 bits per heavy atom. The van der Waals surface area contributed by atoms with Gasteiger partial charge < -0.3 is 14.4 Å². The number of aryl methyl sites for hydroxylation is 1. The predicted octanol–water partition coefficient (Wildman–Crippen LogP) is 3.06. The Morgan fingerprint density at radius 3 is 2.92 bits per heavy atom. The first kappa shape index (κ1) is 15.7. The summed E-state index contributed by atoms with van der Waals surface area (Å²) in [5, 5.41) is 13.6. The number of aromatic nitrogens is 3. The average Bonchev–Trinajstić information content (AvgIpc) is 3.08. The zero-order valence-electron chi connectivity index (χ0n) is 13.1. The minimum Gasteiger partial charge on any atom is -0.507 e. The number of carbonyl (C=O) groups is 1. The van der Waals surface area contributed by atoms with Crippen LogP contribution in [0.4, 0.5) is 0 Å². The van der Waals surface area contributed by atoms with E-state index in [2.05, 4.69) is 15.1 Å². The molecule has 3 aromatic rings. The maximum atomic E-state index is 12.2. The molecule has 1 atom stereocenters. The highest BCUT2D eigenvalue weighted by atomic mass is 16.6. The first-order chi connectivity index (χ1) is 11.5. The van der Waals surface area contributed by atoms with Crippen molar-refractivity contribution in [1.29, 1.82) is 0 Å². The highest BCUT2D eigenvalue weighted by Gasteiger charge is 2.22. The molecule has 0 aliphatic rings. The van der Waals surface area contributed by atoms with E-state index in [0.717, 1.165) is 5.56 Å². The van der Waals surface area contributed by atoms with Gasteiger partial charge in [0.2, 0.25) is 5.82 Å². The van der Waals surface area contributed by atoms with Gasteiger partial charge in [0.1, 0.15) is 11.3 Å². The van der Waals surface area contributed by atoms with E-state index in [0.29, 0.717) is 11.4 Å². The normalized spacial score (nSPS) is 11.9. The number of nitrogens with zero attached hydrogens (tertiary/aromatic N) is 3. The molecule has 0 amide bonds. The number of hydrogen-bond donors (Lipinski definition) is 1. The van der Waals surface area contributed by atoms with Gasteiger partial charge in [-0.3, -0.25) is 4.98 Å². The summed E-state index contributed by atoms with van der Waals surface area (Å²) in [6.07, 6.45) is 2.49. The molecular formula is C17H15N3O4. The van der Waals surface area contributed by atoms with Crippen LogP contribution in [0.3, 0.4) is 0 Å². The molecule has 0 unspecified atom stereocenters. The monoisotopic (exact) mass is 325 g/mol. The summed E-state index contributed by atoms with van der Waals surface area (Å²) >= 11 is 0. The lowest BCUT2D eigenvalue weighted by Crippen LogP contribution is -2.10. The number of rotatable bonds is 4. The van der Waals surface area contributed by atoms with Crippen LogP contribution in [-0.2, 0) is 4.74 Å². The molecule has 1 N–H and O–H groups in total. The van der Waals surface area contributed by atoms with Crippen molar-refractivity contribution in [3.05, 3.63) is 59.7 Å². The van der Waals surface area contributed by atoms with Gasteiger partial charge in [-0.05, 0) is 38.1 Å². The molecule has 3 rings (SSSR count). The fourth-order valence-corrected chi connectivity index (χ4v) is 2.10. The van der Waals surface area contributed by atoms with E-state index in [1.54, 1.807) is 43.6 Å². The summed E-state index contributed by atoms with van der Waals surface area (Å²) in [5.41, 5.74) is 1.63. The van der Waals surface area contributed by atoms with Crippen LogP contribution in [0.5, 0.6) is 5.75 Å². The molecule has 24 heavy (non-hydrogen) atoms. The maximum Gasteiger partial charge on any atom is 0.342 e. The molecule has 7 heteroatoms. The Hall–Kier alpha value is -3.22. The van der Waals surface area contributed by atoms with E-state index in [4.69, 9.17) is 9.26 Å². The number of aromatic hydroxyl groups is 1. The number of benzene rings is 1. The van der Waals surface area contributed by atoms with Crippen LogP contribution in [0.15, 0.2) is 47.2 Å². The van der Waals surface area contributed by atoms with Gasteiger partial charge in [-0.25, -0.2) is 4.79 Å². The lowest BCUT2D eigenvalue weighted by Gasteiger charge is -2.10. The predicted molar refractivity (Wildman–Crippen MR) is 84.2 cm³/mol. The minimum atomic E-state index is -0.754. The van der Waals surface area contributed by atoms with Gasteiger partial charge in [-0.1, -0.05) is 16.8 Å². The van der Waals surface area contributed by atoms with Crippen molar-refractivity contribution in [2.75, 3.05) is 0 Å². The van der Waals surface area contributed by atoms with E-state index in [9.17, 15) is 9.90 Å². The number of ether oxygens (including phenoxy) is 1. The van der Waals surface area contributed by atoms with E-state index in [1.165, 1.54) is 6.07 Å². The molecule has 0 bridgehead atoms. The summed E-state index contributed by atoms with van der Waals surface area (Å²) in [4.78, 5) is 20.4. The van der Waals surface area contributed by atoms with Crippen molar-refractivity contribution in [3.8, 4) is 17.1 Å². The van der Waals surface area contributed by atoms with Crippen molar-refractivity contribution in [1.82, 2.24) is 15.1 Å². The van der Waals surface area contributed by atoms with Gasteiger partial charge in [0.25, 0.3) is 5.89 Å². The lowest BCUT2D eigenvalue weighted by molar-refractivity contribution is 0.0262. The fourth-order valence-electron chi connectivity index (χ4n) is 2.10. The molecule has 0 fully saturated rings. The van der Waals surface area contributed by atoms with Crippen LogP contribution < -0.4 is 0 Å². The summed E-state index contributed by atoms with van der Waals surface area (Å²) in [7, 11) is 0. The first-order valence-electron chi connectivity index (χ1n) is 7.29. The highest BCUT2D eigenvalue weighted by Crippen LogP contribution is 2.24. The summed E-state index contributed by atoms with van der Waals surface area (Å²) in [6.45, 7) is 3.43. The molecular weight excluding hydrogens is 310 g/mol. The molecule has 0 radical (unpaired) electrons. The van der Waals surface area contributed by atoms with Crippen LogP contribution in [0.2, 0.25) is 0 Å². The van der Waals surface area contributed by atoms with Crippen molar-refractivity contribution >= 4 is 5.97 Å². The lowest BCUT2D eigenvalue weighted by atomic mass is 10.1. The topological polar surface area (TPSA) is 98.3 Å². The van der Waals surface area contributed by atoms with Crippen molar-refractivity contribution in [3.63, 3.8) is 0 Å². The SMILES string of the molecule is Cc1ccc(O)c(C(=O)O[C@@H](C)c2nc(-c3cccnc3)no2)c1. The Kier molecular flexibility index (Phi) is 4.24. The number of carbonyl (C=O) groups excluding carboxylic acids is 1.